The lowest BCUT2D eigenvalue weighted by Gasteiger charge is -2.17. The molecule has 2 N–H and O–H groups in total. The predicted octanol–water partition coefficient (Wildman–Crippen LogP) is 1.59. The van der Waals surface area contributed by atoms with Crippen molar-refractivity contribution >= 4 is 6.09 Å². The van der Waals surface area contributed by atoms with Gasteiger partial charge in [-0.15, -0.1) is 0 Å². The Labute approximate surface area is 70.2 Å². The van der Waals surface area contributed by atoms with Gasteiger partial charge in [-0.1, -0.05) is 19.0 Å². The minimum Gasteiger partial charge on any atom is -0.465 e. The molecule has 0 rings (SSSR count). The molecule has 0 fully saturated rings. The molecule has 6 heteroatoms. The molecule has 68 valence electrons. The second-order valence-electron chi connectivity index (χ2n) is 2.71. The first kappa shape index (κ1) is 10.6. The topological polar surface area (TPSA) is 98.1 Å². The van der Waals surface area contributed by atoms with E-state index in [4.69, 9.17) is 10.6 Å². The molecule has 0 heterocycles. The number of carboxylic acid groups (broad SMARTS) is 1. The lowest BCUT2D eigenvalue weighted by molar-refractivity contribution is 0.186. The highest BCUT2D eigenvalue weighted by molar-refractivity contribution is 5.64. The number of carbonyl (C=O) groups is 1. The quantitative estimate of drug-likeness (QED) is 0.382. The zero-order valence-corrected chi connectivity index (χ0v) is 7.06. The Morgan fingerprint density at radius 1 is 1.75 bits per heavy atom. The Balaban J connectivity index is 4.03. The molecule has 0 aliphatic carbocycles. The molecule has 1 atom stereocenters. The normalized spacial score (nSPS) is 11.9. The Hall–Kier alpha value is -1.42. The molecular weight excluding hydrogens is 160 g/mol. The first-order valence-electron chi connectivity index (χ1n) is 3.58. The van der Waals surface area contributed by atoms with Gasteiger partial charge in [0.1, 0.15) is 0 Å². The SMILES string of the molecule is CC(C)C(CN=[N+]=[N-])NC(=O)O. The number of hydrogen-bond acceptors (Lipinski definition) is 2. The summed E-state index contributed by atoms with van der Waals surface area (Å²) in [6, 6.07) is -0.307. The minimum absolute atomic E-state index is 0.117. The maximum atomic E-state index is 10.2. The molecule has 1 unspecified atom stereocenters. The standard InChI is InChI=1S/C6H12N4O2/c1-4(2)5(3-8-10-7)9-6(11)12/h4-5,9H,3H2,1-2H3,(H,11,12). The molecule has 0 aliphatic rings. The average molecular weight is 172 g/mol. The van der Waals surface area contributed by atoms with Crippen molar-refractivity contribution in [1.29, 1.82) is 0 Å². The fourth-order valence-corrected chi connectivity index (χ4v) is 0.706. The van der Waals surface area contributed by atoms with Crippen LogP contribution in [0.2, 0.25) is 0 Å². The van der Waals surface area contributed by atoms with Gasteiger partial charge in [0.05, 0.1) is 0 Å². The van der Waals surface area contributed by atoms with Crippen LogP contribution in [0, 0.1) is 5.92 Å². The van der Waals surface area contributed by atoms with Crippen molar-refractivity contribution in [3.8, 4) is 0 Å². The highest BCUT2D eigenvalue weighted by atomic mass is 16.4. The monoisotopic (exact) mass is 172 g/mol. The summed E-state index contributed by atoms with van der Waals surface area (Å²) in [5.74, 6) is 0.117. The van der Waals surface area contributed by atoms with E-state index in [0.717, 1.165) is 0 Å². The molecular formula is C6H12N4O2. The van der Waals surface area contributed by atoms with Gasteiger partial charge in [0.25, 0.3) is 0 Å². The van der Waals surface area contributed by atoms with Crippen LogP contribution in [-0.2, 0) is 0 Å². The summed E-state index contributed by atoms with van der Waals surface area (Å²) in [7, 11) is 0. The van der Waals surface area contributed by atoms with Crippen molar-refractivity contribution in [2.75, 3.05) is 6.54 Å². The van der Waals surface area contributed by atoms with Crippen molar-refractivity contribution in [2.24, 2.45) is 11.0 Å². The predicted molar refractivity (Wildman–Crippen MR) is 43.8 cm³/mol. The summed E-state index contributed by atoms with van der Waals surface area (Å²) in [4.78, 5) is 12.8. The maximum absolute atomic E-state index is 10.2. The van der Waals surface area contributed by atoms with Crippen molar-refractivity contribution < 1.29 is 9.90 Å². The van der Waals surface area contributed by atoms with E-state index in [1.165, 1.54) is 0 Å². The third kappa shape index (κ3) is 4.40. The fourth-order valence-electron chi connectivity index (χ4n) is 0.706. The molecule has 0 radical (unpaired) electrons. The number of nitrogens with one attached hydrogen (secondary N) is 1. The first-order chi connectivity index (χ1) is 5.57. The summed E-state index contributed by atoms with van der Waals surface area (Å²) in [6.07, 6.45) is -1.10. The average Bonchev–Trinajstić information content (AvgIpc) is 1.96. The molecule has 0 aromatic heterocycles. The molecule has 0 aromatic rings. The van der Waals surface area contributed by atoms with Crippen LogP contribution < -0.4 is 5.32 Å². The van der Waals surface area contributed by atoms with Crippen LogP contribution in [0.15, 0.2) is 5.11 Å². The molecule has 0 bridgehead atoms. The number of rotatable bonds is 4. The largest absolute Gasteiger partial charge is 0.465 e. The van der Waals surface area contributed by atoms with Gasteiger partial charge in [0.2, 0.25) is 0 Å². The Morgan fingerprint density at radius 3 is 2.67 bits per heavy atom. The van der Waals surface area contributed by atoms with E-state index in [1.807, 2.05) is 13.8 Å². The second kappa shape index (κ2) is 5.26. The molecule has 6 nitrogen and oxygen atoms in total. The number of amides is 1. The number of hydrogen-bond donors (Lipinski definition) is 2. The van der Waals surface area contributed by atoms with Crippen molar-refractivity contribution in [3.63, 3.8) is 0 Å². The van der Waals surface area contributed by atoms with Crippen molar-refractivity contribution in [2.45, 2.75) is 19.9 Å². The Kier molecular flexibility index (Phi) is 4.64. The van der Waals surface area contributed by atoms with Crippen LogP contribution in [0.4, 0.5) is 4.79 Å². The second-order valence-corrected chi connectivity index (χ2v) is 2.71. The van der Waals surface area contributed by atoms with E-state index >= 15 is 0 Å². The van der Waals surface area contributed by atoms with E-state index in [1.54, 1.807) is 0 Å². The maximum Gasteiger partial charge on any atom is 0.404 e. The van der Waals surface area contributed by atoms with Gasteiger partial charge in [-0.25, -0.2) is 4.79 Å². The summed E-state index contributed by atoms with van der Waals surface area (Å²) in [6.45, 7) is 3.86. The van der Waals surface area contributed by atoms with Gasteiger partial charge in [0, 0.05) is 17.5 Å². The van der Waals surface area contributed by atoms with Gasteiger partial charge in [0.15, 0.2) is 0 Å². The minimum atomic E-state index is -1.10. The van der Waals surface area contributed by atoms with Crippen molar-refractivity contribution in [3.05, 3.63) is 10.4 Å². The van der Waals surface area contributed by atoms with Gasteiger partial charge < -0.3 is 10.4 Å². The van der Waals surface area contributed by atoms with E-state index in [2.05, 4.69) is 15.3 Å². The molecule has 0 spiro atoms. The van der Waals surface area contributed by atoms with Gasteiger partial charge in [-0.05, 0) is 11.4 Å². The van der Waals surface area contributed by atoms with E-state index in [9.17, 15) is 4.79 Å². The third-order valence-corrected chi connectivity index (χ3v) is 1.46. The van der Waals surface area contributed by atoms with Gasteiger partial charge in [-0.2, -0.15) is 0 Å². The Bertz CT molecular complexity index is 194. The highest BCUT2D eigenvalue weighted by Crippen LogP contribution is 2.01. The van der Waals surface area contributed by atoms with Gasteiger partial charge >= 0.3 is 6.09 Å². The van der Waals surface area contributed by atoms with Crippen LogP contribution >= 0.6 is 0 Å². The smallest absolute Gasteiger partial charge is 0.404 e. The van der Waals surface area contributed by atoms with E-state index in [-0.39, 0.29) is 18.5 Å². The molecule has 0 aliphatic heterocycles. The van der Waals surface area contributed by atoms with Crippen LogP contribution in [0.5, 0.6) is 0 Å². The highest BCUT2D eigenvalue weighted by Gasteiger charge is 2.13. The Morgan fingerprint density at radius 2 is 2.33 bits per heavy atom. The molecule has 0 saturated carbocycles. The lowest BCUT2D eigenvalue weighted by Crippen LogP contribution is -2.39. The summed E-state index contributed by atoms with van der Waals surface area (Å²) in [5.41, 5.74) is 8.01. The van der Waals surface area contributed by atoms with Crippen LogP contribution in [0.1, 0.15) is 13.8 Å². The molecule has 0 aromatic carbocycles. The van der Waals surface area contributed by atoms with E-state index < -0.39 is 6.09 Å². The van der Waals surface area contributed by atoms with Crippen molar-refractivity contribution in [1.82, 2.24) is 5.32 Å². The zero-order valence-electron chi connectivity index (χ0n) is 7.06. The summed E-state index contributed by atoms with van der Waals surface area (Å²) >= 11 is 0. The molecule has 12 heavy (non-hydrogen) atoms. The third-order valence-electron chi connectivity index (χ3n) is 1.46. The summed E-state index contributed by atoms with van der Waals surface area (Å²) < 4.78 is 0. The fraction of sp³-hybridized carbons (Fsp3) is 0.833. The number of azide groups is 1. The lowest BCUT2D eigenvalue weighted by atomic mass is 10.1. The molecule has 1 amide bonds. The van der Waals surface area contributed by atoms with Gasteiger partial charge in [-0.3, -0.25) is 0 Å². The van der Waals surface area contributed by atoms with E-state index in [0.29, 0.717) is 0 Å². The van der Waals surface area contributed by atoms with Crippen LogP contribution in [0.3, 0.4) is 0 Å². The zero-order chi connectivity index (χ0) is 9.56. The summed E-state index contributed by atoms with van der Waals surface area (Å²) in [5, 5.41) is 14.0. The van der Waals surface area contributed by atoms with Crippen LogP contribution in [0.25, 0.3) is 10.4 Å². The number of nitrogens with zero attached hydrogens (tertiary/aromatic N) is 3. The van der Waals surface area contributed by atoms with Crippen LogP contribution in [-0.4, -0.2) is 23.8 Å². The first-order valence-corrected chi connectivity index (χ1v) is 3.58. The molecule has 0 saturated heterocycles.